The Morgan fingerprint density at radius 3 is 3.30 bits per heavy atom. The van der Waals surface area contributed by atoms with Gasteiger partial charge in [-0.1, -0.05) is 12.2 Å². The molecule has 2 atom stereocenters. The molecule has 2 rings (SSSR count). The molecule has 54 valence electrons. The van der Waals surface area contributed by atoms with Gasteiger partial charge < -0.3 is 5.11 Å². The van der Waals surface area contributed by atoms with E-state index in [0.29, 0.717) is 16.9 Å². The Bertz CT molecular complexity index is 195. The zero-order chi connectivity index (χ0) is 6.97. The lowest BCUT2D eigenvalue weighted by atomic mass is 9.94. The molecule has 0 aromatic rings. The number of hydrogen-bond donors (Lipinski definition) is 1. The van der Waals surface area contributed by atoms with Gasteiger partial charge in [0.1, 0.15) is 5.76 Å². The SMILES string of the molecule is OC1=CSC2CCC=CC12. The lowest BCUT2D eigenvalue weighted by molar-refractivity contribution is 0.352. The summed E-state index contributed by atoms with van der Waals surface area (Å²) in [4.78, 5) is 0. The molecule has 0 amide bonds. The summed E-state index contributed by atoms with van der Waals surface area (Å²) in [6.07, 6.45) is 6.68. The molecule has 0 bridgehead atoms. The van der Waals surface area contributed by atoms with Crippen molar-refractivity contribution in [3.8, 4) is 0 Å². The van der Waals surface area contributed by atoms with Crippen LogP contribution in [0.3, 0.4) is 0 Å². The molecule has 1 aliphatic heterocycles. The first-order valence-corrected chi connectivity index (χ1v) is 4.53. The molecule has 0 saturated carbocycles. The van der Waals surface area contributed by atoms with Crippen LogP contribution in [0.4, 0.5) is 0 Å². The summed E-state index contributed by atoms with van der Waals surface area (Å²) in [5, 5.41) is 11.8. The Morgan fingerprint density at radius 2 is 2.50 bits per heavy atom. The normalized spacial score (nSPS) is 37.4. The fraction of sp³-hybridized carbons (Fsp3) is 0.500. The maximum absolute atomic E-state index is 9.31. The van der Waals surface area contributed by atoms with Crippen molar-refractivity contribution in [2.24, 2.45) is 5.92 Å². The van der Waals surface area contributed by atoms with Gasteiger partial charge in [-0.15, -0.1) is 11.8 Å². The van der Waals surface area contributed by atoms with E-state index in [2.05, 4.69) is 12.2 Å². The minimum Gasteiger partial charge on any atom is -0.511 e. The van der Waals surface area contributed by atoms with Crippen molar-refractivity contribution in [2.75, 3.05) is 0 Å². The van der Waals surface area contributed by atoms with Crippen molar-refractivity contribution in [2.45, 2.75) is 18.1 Å². The van der Waals surface area contributed by atoms with Gasteiger partial charge in [0.2, 0.25) is 0 Å². The van der Waals surface area contributed by atoms with Gasteiger partial charge >= 0.3 is 0 Å². The Kier molecular flexibility index (Phi) is 1.49. The first kappa shape index (κ1) is 6.35. The van der Waals surface area contributed by atoms with Gasteiger partial charge in [0.15, 0.2) is 0 Å². The van der Waals surface area contributed by atoms with Crippen LogP contribution in [0.25, 0.3) is 0 Å². The maximum Gasteiger partial charge on any atom is 0.106 e. The Morgan fingerprint density at radius 1 is 1.60 bits per heavy atom. The highest BCUT2D eigenvalue weighted by Gasteiger charge is 2.29. The van der Waals surface area contributed by atoms with Crippen LogP contribution >= 0.6 is 11.8 Å². The summed E-state index contributed by atoms with van der Waals surface area (Å²) < 4.78 is 0. The predicted octanol–water partition coefficient (Wildman–Crippen LogP) is 2.47. The van der Waals surface area contributed by atoms with Crippen LogP contribution < -0.4 is 0 Å². The molecule has 1 heterocycles. The van der Waals surface area contributed by atoms with Gasteiger partial charge in [-0.05, 0) is 12.8 Å². The molecule has 2 unspecified atom stereocenters. The van der Waals surface area contributed by atoms with Crippen molar-refractivity contribution in [1.29, 1.82) is 0 Å². The zero-order valence-corrected chi connectivity index (χ0v) is 6.47. The monoisotopic (exact) mass is 154 g/mol. The third-order valence-corrected chi connectivity index (χ3v) is 3.32. The van der Waals surface area contributed by atoms with Gasteiger partial charge in [-0.25, -0.2) is 0 Å². The third kappa shape index (κ3) is 0.870. The van der Waals surface area contributed by atoms with Gasteiger partial charge in [0.25, 0.3) is 0 Å². The van der Waals surface area contributed by atoms with Gasteiger partial charge in [0.05, 0.1) is 0 Å². The van der Waals surface area contributed by atoms with E-state index in [1.807, 2.05) is 5.41 Å². The average molecular weight is 154 g/mol. The first-order valence-electron chi connectivity index (χ1n) is 3.59. The molecule has 1 nitrogen and oxygen atoms in total. The largest absolute Gasteiger partial charge is 0.511 e. The molecule has 10 heavy (non-hydrogen) atoms. The lowest BCUT2D eigenvalue weighted by Gasteiger charge is -2.18. The van der Waals surface area contributed by atoms with E-state index < -0.39 is 0 Å². The number of aliphatic hydroxyl groups is 1. The topological polar surface area (TPSA) is 20.2 Å². The van der Waals surface area contributed by atoms with E-state index in [1.165, 1.54) is 12.8 Å². The van der Waals surface area contributed by atoms with Crippen molar-refractivity contribution in [1.82, 2.24) is 0 Å². The van der Waals surface area contributed by atoms with Crippen molar-refractivity contribution in [3.05, 3.63) is 23.3 Å². The summed E-state index contributed by atoms with van der Waals surface area (Å²) >= 11 is 1.77. The lowest BCUT2D eigenvalue weighted by Crippen LogP contribution is -2.15. The molecule has 0 saturated heterocycles. The predicted molar refractivity (Wildman–Crippen MR) is 44.0 cm³/mol. The van der Waals surface area contributed by atoms with Crippen LogP contribution in [0.2, 0.25) is 0 Å². The molecule has 0 aromatic carbocycles. The highest BCUT2D eigenvalue weighted by molar-refractivity contribution is 8.03. The average Bonchev–Trinajstić information content (AvgIpc) is 2.34. The number of thioether (sulfide) groups is 1. The maximum atomic E-state index is 9.31. The fourth-order valence-corrected chi connectivity index (χ4v) is 2.63. The molecule has 0 aromatic heterocycles. The number of allylic oxidation sites excluding steroid dienone is 2. The fourth-order valence-electron chi connectivity index (χ4n) is 1.48. The molecule has 0 radical (unpaired) electrons. The summed E-state index contributed by atoms with van der Waals surface area (Å²) in [7, 11) is 0. The number of fused-ring (bicyclic) bond motifs is 1. The summed E-state index contributed by atoms with van der Waals surface area (Å²) in [5.41, 5.74) is 0. The van der Waals surface area contributed by atoms with E-state index in [0.717, 1.165) is 0 Å². The summed E-state index contributed by atoms with van der Waals surface area (Å²) in [6, 6.07) is 0. The van der Waals surface area contributed by atoms with Crippen LogP contribution in [-0.4, -0.2) is 10.4 Å². The number of hydrogen-bond acceptors (Lipinski definition) is 2. The second-order valence-electron chi connectivity index (χ2n) is 2.75. The van der Waals surface area contributed by atoms with E-state index in [4.69, 9.17) is 0 Å². The molecule has 0 fully saturated rings. The van der Waals surface area contributed by atoms with Crippen LogP contribution in [0, 0.1) is 5.92 Å². The van der Waals surface area contributed by atoms with Crippen LogP contribution in [0.15, 0.2) is 23.3 Å². The molecule has 2 aliphatic rings. The molecular formula is C8H10OS. The minimum absolute atomic E-state index is 0.332. The Labute approximate surface area is 64.8 Å². The van der Waals surface area contributed by atoms with E-state index in [-0.39, 0.29) is 0 Å². The first-order chi connectivity index (χ1) is 4.88. The molecule has 1 aliphatic carbocycles. The summed E-state index contributed by atoms with van der Waals surface area (Å²) in [6.45, 7) is 0. The van der Waals surface area contributed by atoms with Crippen LogP contribution in [-0.2, 0) is 0 Å². The zero-order valence-electron chi connectivity index (χ0n) is 5.66. The number of rotatable bonds is 0. The molecule has 1 N–H and O–H groups in total. The second kappa shape index (κ2) is 2.35. The molecule has 0 spiro atoms. The van der Waals surface area contributed by atoms with Gasteiger partial charge in [-0.2, -0.15) is 0 Å². The van der Waals surface area contributed by atoms with Crippen molar-refractivity contribution in [3.63, 3.8) is 0 Å². The summed E-state index contributed by atoms with van der Waals surface area (Å²) in [5.74, 6) is 0.893. The van der Waals surface area contributed by atoms with Crippen molar-refractivity contribution >= 4 is 11.8 Å². The standard InChI is InChI=1S/C8H10OS/c9-7-5-10-8-4-2-1-3-6(7)8/h1,3,5-6,8-9H,2,4H2. The Balaban J connectivity index is 2.21. The van der Waals surface area contributed by atoms with E-state index in [1.54, 1.807) is 11.8 Å². The highest BCUT2D eigenvalue weighted by atomic mass is 32.2. The van der Waals surface area contributed by atoms with Crippen LogP contribution in [0.1, 0.15) is 12.8 Å². The van der Waals surface area contributed by atoms with E-state index in [9.17, 15) is 5.11 Å². The minimum atomic E-state index is 0.332. The highest BCUT2D eigenvalue weighted by Crippen LogP contribution is 2.40. The molecular weight excluding hydrogens is 144 g/mol. The third-order valence-electron chi connectivity index (χ3n) is 2.07. The van der Waals surface area contributed by atoms with Gasteiger partial charge in [0, 0.05) is 16.6 Å². The smallest absolute Gasteiger partial charge is 0.106 e. The van der Waals surface area contributed by atoms with Crippen LogP contribution in [0.5, 0.6) is 0 Å². The van der Waals surface area contributed by atoms with Gasteiger partial charge in [-0.3, -0.25) is 0 Å². The Hall–Kier alpha value is -0.370. The number of aliphatic hydroxyl groups excluding tert-OH is 1. The van der Waals surface area contributed by atoms with Crippen molar-refractivity contribution < 1.29 is 5.11 Å². The molecule has 2 heteroatoms. The second-order valence-corrected chi connectivity index (χ2v) is 3.86. The quantitative estimate of drug-likeness (QED) is 0.541. The van der Waals surface area contributed by atoms with E-state index >= 15 is 0 Å².